The molecule has 0 bridgehead atoms. The molecule has 0 spiro atoms. The highest BCUT2D eigenvalue weighted by molar-refractivity contribution is 7.07. The Bertz CT molecular complexity index is 1840. The van der Waals surface area contributed by atoms with E-state index in [4.69, 9.17) is 40.3 Å². The molecule has 47 heavy (non-hydrogen) atoms. The van der Waals surface area contributed by atoms with Crippen molar-refractivity contribution >= 4 is 40.9 Å². The van der Waals surface area contributed by atoms with E-state index < -0.39 is 12.0 Å². The maximum absolute atomic E-state index is 14.2. The third kappa shape index (κ3) is 7.55. The van der Waals surface area contributed by atoms with Gasteiger partial charge in [0.1, 0.15) is 11.8 Å². The van der Waals surface area contributed by atoms with Gasteiger partial charge in [-0.3, -0.25) is 14.2 Å². The highest BCUT2D eigenvalue weighted by Gasteiger charge is 2.36. The van der Waals surface area contributed by atoms with E-state index in [1.54, 1.807) is 54.3 Å². The number of hydrogen-bond acceptors (Lipinski definition) is 10. The number of nitrogens with zero attached hydrogens (tertiary/aromatic N) is 3. The fourth-order valence-electron chi connectivity index (χ4n) is 5.53. The van der Waals surface area contributed by atoms with Crippen LogP contribution in [0, 0.1) is 0 Å². The predicted octanol–water partition coefficient (Wildman–Crippen LogP) is 3.88. The summed E-state index contributed by atoms with van der Waals surface area (Å²) in [4.78, 5) is 47.3. The Morgan fingerprint density at radius 3 is 2.51 bits per heavy atom. The summed E-state index contributed by atoms with van der Waals surface area (Å²) >= 11 is 7.66. The maximum atomic E-state index is 14.2. The van der Waals surface area contributed by atoms with Crippen molar-refractivity contribution < 1.29 is 33.3 Å². The molecule has 1 amide bonds. The van der Waals surface area contributed by atoms with Gasteiger partial charge in [-0.1, -0.05) is 42.3 Å². The van der Waals surface area contributed by atoms with E-state index in [0.717, 1.165) is 6.42 Å². The minimum absolute atomic E-state index is 0.128. The zero-order valence-corrected chi connectivity index (χ0v) is 28.4. The van der Waals surface area contributed by atoms with Crippen molar-refractivity contribution in [3.05, 3.63) is 83.5 Å². The van der Waals surface area contributed by atoms with Crippen LogP contribution < -0.4 is 29.1 Å². The standard InChI is InChI=1S/C34H38ClN3O8S/c1-5-8-24-30(33(41)45-7-3)31(23-19-22(35)10-12-25(23)42-4)38-32(40)28(47-34(38)36-24)18-21-9-11-26(27(17-21)44-6-2)46-20-29(39)37-13-15-43-16-14-37/h9-12,17-19,31H,5-8,13-16,20H2,1-4H3/b28-18-/t31-/m0/s1. The third-order valence-corrected chi connectivity index (χ3v) is 8.88. The monoisotopic (exact) mass is 683 g/mol. The van der Waals surface area contributed by atoms with Crippen molar-refractivity contribution in [2.75, 3.05) is 53.2 Å². The van der Waals surface area contributed by atoms with Gasteiger partial charge >= 0.3 is 5.97 Å². The average Bonchev–Trinajstić information content (AvgIpc) is 3.38. The molecule has 2 aliphatic rings. The SMILES string of the molecule is CCCC1=C(C(=O)OCC)[C@H](c2cc(Cl)ccc2OC)n2c(s/c(=C\c3ccc(OCC(=O)N4CCOCC4)c(OCC)c3)c2=O)=N1. The average molecular weight is 684 g/mol. The van der Waals surface area contributed by atoms with Crippen molar-refractivity contribution in [3.63, 3.8) is 0 Å². The number of benzene rings is 2. The molecule has 0 aliphatic carbocycles. The van der Waals surface area contributed by atoms with Gasteiger partial charge in [-0.2, -0.15) is 0 Å². The van der Waals surface area contributed by atoms with Gasteiger partial charge in [0.05, 0.1) is 49.3 Å². The smallest absolute Gasteiger partial charge is 0.338 e. The second-order valence-electron chi connectivity index (χ2n) is 10.7. The number of thiazole rings is 1. The van der Waals surface area contributed by atoms with E-state index in [0.29, 0.717) is 87.8 Å². The van der Waals surface area contributed by atoms with Crippen molar-refractivity contribution in [2.45, 2.75) is 39.7 Å². The van der Waals surface area contributed by atoms with Crippen molar-refractivity contribution in [1.29, 1.82) is 0 Å². The van der Waals surface area contributed by atoms with Gasteiger partial charge in [0.2, 0.25) is 0 Å². The first-order chi connectivity index (χ1) is 22.8. The summed E-state index contributed by atoms with van der Waals surface area (Å²) in [5.74, 6) is 0.655. The molecule has 13 heteroatoms. The van der Waals surface area contributed by atoms with Crippen molar-refractivity contribution in [3.8, 4) is 17.2 Å². The van der Waals surface area contributed by atoms with E-state index in [9.17, 15) is 14.4 Å². The summed E-state index contributed by atoms with van der Waals surface area (Å²) in [7, 11) is 1.53. The summed E-state index contributed by atoms with van der Waals surface area (Å²) in [6.45, 7) is 8.06. The van der Waals surface area contributed by atoms with Crippen molar-refractivity contribution in [2.24, 2.45) is 4.99 Å². The molecule has 2 aromatic carbocycles. The lowest BCUT2D eigenvalue weighted by atomic mass is 9.93. The molecule has 1 saturated heterocycles. The molecule has 1 aromatic heterocycles. The number of allylic oxidation sites excluding steroid dienone is 1. The van der Waals surface area contributed by atoms with Crippen LogP contribution in [0.3, 0.4) is 0 Å². The van der Waals surface area contributed by atoms with Gasteiger partial charge in [0, 0.05) is 23.7 Å². The molecule has 11 nitrogen and oxygen atoms in total. The molecule has 1 fully saturated rings. The predicted molar refractivity (Wildman–Crippen MR) is 178 cm³/mol. The third-order valence-electron chi connectivity index (χ3n) is 7.66. The first kappa shape index (κ1) is 34.2. The Hall–Kier alpha value is -4.13. The van der Waals surface area contributed by atoms with Crippen LogP contribution in [0.25, 0.3) is 6.08 Å². The summed E-state index contributed by atoms with van der Waals surface area (Å²) in [6, 6.07) is 9.51. The quantitative estimate of drug-likeness (QED) is 0.264. The van der Waals surface area contributed by atoms with Crippen LogP contribution >= 0.6 is 22.9 Å². The van der Waals surface area contributed by atoms with Crippen LogP contribution in [-0.2, 0) is 19.1 Å². The number of aromatic nitrogens is 1. The Balaban J connectivity index is 1.58. The minimum atomic E-state index is -0.874. The Labute approximate surface area is 281 Å². The van der Waals surface area contributed by atoms with Crippen LogP contribution in [0.4, 0.5) is 0 Å². The van der Waals surface area contributed by atoms with Gasteiger partial charge in [-0.25, -0.2) is 9.79 Å². The molecule has 3 heterocycles. The normalized spacial score (nSPS) is 16.4. The van der Waals surface area contributed by atoms with Crippen LogP contribution in [0.1, 0.15) is 50.8 Å². The molecule has 3 aromatic rings. The lowest BCUT2D eigenvalue weighted by molar-refractivity contribution is -0.139. The molecule has 2 aliphatic heterocycles. The van der Waals surface area contributed by atoms with Crippen LogP contribution in [-0.4, -0.2) is 74.6 Å². The zero-order valence-electron chi connectivity index (χ0n) is 26.9. The van der Waals surface area contributed by atoms with Crippen LogP contribution in [0.5, 0.6) is 17.2 Å². The highest BCUT2D eigenvalue weighted by Crippen LogP contribution is 2.38. The molecule has 250 valence electrons. The number of fused-ring (bicyclic) bond motifs is 1. The van der Waals surface area contributed by atoms with E-state index >= 15 is 0 Å². The number of amides is 1. The van der Waals surface area contributed by atoms with Crippen LogP contribution in [0.15, 0.2) is 57.5 Å². The Morgan fingerprint density at radius 2 is 1.81 bits per heavy atom. The zero-order chi connectivity index (χ0) is 33.5. The number of halogens is 1. The molecular weight excluding hydrogens is 646 g/mol. The molecule has 5 rings (SSSR count). The summed E-state index contributed by atoms with van der Waals surface area (Å²) < 4.78 is 30.1. The Morgan fingerprint density at radius 1 is 1.04 bits per heavy atom. The number of hydrogen-bond donors (Lipinski definition) is 0. The first-order valence-electron chi connectivity index (χ1n) is 15.6. The van der Waals surface area contributed by atoms with Gasteiger partial charge in [0.25, 0.3) is 11.5 Å². The second kappa shape index (κ2) is 15.6. The number of rotatable bonds is 12. The van der Waals surface area contributed by atoms with E-state index in [2.05, 4.69) is 0 Å². The first-order valence-corrected chi connectivity index (χ1v) is 16.8. The topological polar surface area (TPSA) is 118 Å². The number of methoxy groups -OCH3 is 1. The molecule has 0 unspecified atom stereocenters. The highest BCUT2D eigenvalue weighted by atomic mass is 35.5. The minimum Gasteiger partial charge on any atom is -0.496 e. The molecule has 0 N–H and O–H groups in total. The lowest BCUT2D eigenvalue weighted by Crippen LogP contribution is -2.43. The summed E-state index contributed by atoms with van der Waals surface area (Å²) in [6.07, 6.45) is 2.98. The molecular formula is C34H38ClN3O8S. The maximum Gasteiger partial charge on any atom is 0.338 e. The summed E-state index contributed by atoms with van der Waals surface area (Å²) in [5, 5.41) is 0.428. The fraction of sp³-hybridized carbons (Fsp3) is 0.412. The second-order valence-corrected chi connectivity index (χ2v) is 12.2. The lowest BCUT2D eigenvalue weighted by Gasteiger charge is -2.27. The fourth-order valence-corrected chi connectivity index (χ4v) is 6.73. The molecule has 0 saturated carbocycles. The van der Waals surface area contributed by atoms with Gasteiger partial charge in [-0.05, 0) is 62.2 Å². The number of morpholine rings is 1. The molecule has 0 radical (unpaired) electrons. The largest absolute Gasteiger partial charge is 0.496 e. The van der Waals surface area contributed by atoms with Gasteiger partial charge < -0.3 is 28.6 Å². The Kier molecular flexibility index (Phi) is 11.4. The van der Waals surface area contributed by atoms with Crippen LogP contribution in [0.2, 0.25) is 5.02 Å². The number of carbonyl (C=O) groups is 2. The number of ether oxygens (including phenoxy) is 5. The summed E-state index contributed by atoms with van der Waals surface area (Å²) in [5.41, 5.74) is 1.72. The number of esters is 1. The number of carbonyl (C=O) groups excluding carboxylic acids is 2. The molecule has 1 atom stereocenters. The van der Waals surface area contributed by atoms with E-state index in [1.807, 2.05) is 13.8 Å². The van der Waals surface area contributed by atoms with Gasteiger partial charge in [0.15, 0.2) is 22.9 Å². The van der Waals surface area contributed by atoms with Crippen molar-refractivity contribution in [1.82, 2.24) is 9.47 Å². The van der Waals surface area contributed by atoms with Gasteiger partial charge in [-0.15, -0.1) is 0 Å². The van der Waals surface area contributed by atoms with E-state index in [1.165, 1.54) is 23.0 Å². The van der Waals surface area contributed by atoms with E-state index in [-0.39, 0.29) is 30.3 Å².